The molecule has 1 aliphatic heterocycles. The van der Waals surface area contributed by atoms with Crippen LogP contribution in [0.3, 0.4) is 0 Å². The summed E-state index contributed by atoms with van der Waals surface area (Å²) in [6.45, 7) is 0.0215. The number of sulfone groups is 1. The van der Waals surface area contributed by atoms with Crippen LogP contribution in [0.1, 0.15) is 24.4 Å². The van der Waals surface area contributed by atoms with Gasteiger partial charge in [0.25, 0.3) is 0 Å². The minimum Gasteiger partial charge on any atom is -0.449 e. The average molecular weight is 245 g/mol. The van der Waals surface area contributed by atoms with Crippen LogP contribution in [0.5, 0.6) is 0 Å². The van der Waals surface area contributed by atoms with Crippen molar-refractivity contribution < 1.29 is 17.9 Å². The van der Waals surface area contributed by atoms with E-state index in [1.165, 1.54) is 6.26 Å². The van der Waals surface area contributed by atoms with Crippen molar-refractivity contribution in [3.8, 4) is 0 Å². The number of aromatic nitrogens is 1. The molecule has 0 aliphatic carbocycles. The number of oxazole rings is 1. The highest BCUT2D eigenvalue weighted by molar-refractivity contribution is 7.92. The summed E-state index contributed by atoms with van der Waals surface area (Å²) in [6.07, 6.45) is 3.71. The summed E-state index contributed by atoms with van der Waals surface area (Å²) in [5, 5.41) is 8.38. The second-order valence-corrected chi connectivity index (χ2v) is 6.44. The molecule has 0 saturated carbocycles. The zero-order valence-corrected chi connectivity index (χ0v) is 9.74. The van der Waals surface area contributed by atoms with Crippen LogP contribution < -0.4 is 0 Å². The highest BCUT2D eigenvalue weighted by Gasteiger charge is 2.32. The molecule has 0 bridgehead atoms. The van der Waals surface area contributed by atoms with Crippen LogP contribution in [0.4, 0.5) is 0 Å². The molecule has 1 unspecified atom stereocenters. The van der Waals surface area contributed by atoms with Crippen molar-refractivity contribution >= 4 is 9.84 Å². The van der Waals surface area contributed by atoms with Crippen LogP contribution in [-0.4, -0.2) is 36.1 Å². The Hall–Kier alpha value is -0.880. The standard InChI is InChI=1S/C10H15NO4S/c12-4-3-8-7-15-10(11-8)6-9-2-1-5-16(9,13)14/h7,9,12H,1-6H2. The van der Waals surface area contributed by atoms with Gasteiger partial charge in [-0.25, -0.2) is 13.4 Å². The van der Waals surface area contributed by atoms with Crippen molar-refractivity contribution in [1.82, 2.24) is 4.98 Å². The van der Waals surface area contributed by atoms with Crippen molar-refractivity contribution in [2.24, 2.45) is 0 Å². The number of aliphatic hydroxyl groups is 1. The lowest BCUT2D eigenvalue weighted by Crippen LogP contribution is -2.18. The quantitative estimate of drug-likeness (QED) is 0.826. The van der Waals surface area contributed by atoms with E-state index < -0.39 is 9.84 Å². The number of rotatable bonds is 4. The topological polar surface area (TPSA) is 80.4 Å². The molecule has 1 fully saturated rings. The van der Waals surface area contributed by atoms with Gasteiger partial charge >= 0.3 is 0 Å². The first-order valence-corrected chi connectivity index (χ1v) is 7.09. The Kier molecular flexibility index (Phi) is 3.30. The molecule has 0 spiro atoms. The molecule has 16 heavy (non-hydrogen) atoms. The fourth-order valence-electron chi connectivity index (χ4n) is 1.95. The molecule has 0 radical (unpaired) electrons. The normalized spacial score (nSPS) is 23.7. The first-order chi connectivity index (χ1) is 7.62. The monoisotopic (exact) mass is 245 g/mol. The van der Waals surface area contributed by atoms with Gasteiger partial charge in [0.15, 0.2) is 15.7 Å². The molecule has 6 heteroatoms. The summed E-state index contributed by atoms with van der Waals surface area (Å²) >= 11 is 0. The zero-order chi connectivity index (χ0) is 11.6. The van der Waals surface area contributed by atoms with Crippen LogP contribution in [0.25, 0.3) is 0 Å². The number of nitrogens with zero attached hydrogens (tertiary/aromatic N) is 1. The summed E-state index contributed by atoms with van der Waals surface area (Å²) in [5.41, 5.74) is 0.674. The molecule has 0 amide bonds. The lowest BCUT2D eigenvalue weighted by molar-refractivity contribution is 0.298. The highest BCUT2D eigenvalue weighted by Crippen LogP contribution is 2.23. The van der Waals surface area contributed by atoms with Gasteiger partial charge in [-0.2, -0.15) is 0 Å². The molecule has 90 valence electrons. The van der Waals surface area contributed by atoms with Gasteiger partial charge in [0, 0.05) is 19.4 Å². The summed E-state index contributed by atoms with van der Waals surface area (Å²) in [7, 11) is -2.94. The summed E-state index contributed by atoms with van der Waals surface area (Å²) in [4.78, 5) is 4.14. The van der Waals surface area contributed by atoms with Crippen molar-refractivity contribution in [3.05, 3.63) is 17.8 Å². The van der Waals surface area contributed by atoms with E-state index in [9.17, 15) is 8.42 Å². The fourth-order valence-corrected chi connectivity index (χ4v) is 3.78. The summed E-state index contributed by atoms with van der Waals surface area (Å²) in [6, 6.07) is 0. The Morgan fingerprint density at radius 3 is 3.00 bits per heavy atom. The molecule has 1 aromatic heterocycles. The minimum atomic E-state index is -2.94. The Morgan fingerprint density at radius 2 is 2.38 bits per heavy atom. The number of hydrogen-bond acceptors (Lipinski definition) is 5. The molecular formula is C10H15NO4S. The molecule has 2 rings (SSSR count). The van der Waals surface area contributed by atoms with Gasteiger partial charge in [0.05, 0.1) is 16.7 Å². The van der Waals surface area contributed by atoms with Crippen LogP contribution in [0, 0.1) is 0 Å². The maximum Gasteiger partial charge on any atom is 0.195 e. The van der Waals surface area contributed by atoms with Gasteiger partial charge in [-0.05, 0) is 12.8 Å². The van der Waals surface area contributed by atoms with Gasteiger partial charge in [-0.15, -0.1) is 0 Å². The summed E-state index contributed by atoms with van der Waals surface area (Å²) < 4.78 is 28.4. The molecular weight excluding hydrogens is 230 g/mol. The third-order valence-electron chi connectivity index (χ3n) is 2.83. The van der Waals surface area contributed by atoms with Crippen LogP contribution in [-0.2, 0) is 22.7 Å². The van der Waals surface area contributed by atoms with E-state index in [1.54, 1.807) is 0 Å². The van der Waals surface area contributed by atoms with E-state index in [0.29, 0.717) is 30.8 Å². The largest absolute Gasteiger partial charge is 0.449 e. The molecule has 1 aliphatic rings. The second-order valence-electron chi connectivity index (χ2n) is 4.04. The zero-order valence-electron chi connectivity index (χ0n) is 8.92. The van der Waals surface area contributed by atoms with E-state index in [4.69, 9.17) is 9.52 Å². The first-order valence-electron chi connectivity index (χ1n) is 5.37. The maximum atomic E-state index is 11.6. The number of hydrogen-bond donors (Lipinski definition) is 1. The van der Waals surface area contributed by atoms with E-state index >= 15 is 0 Å². The van der Waals surface area contributed by atoms with E-state index in [1.807, 2.05) is 0 Å². The summed E-state index contributed by atoms with van der Waals surface area (Å²) in [5.74, 6) is 0.737. The average Bonchev–Trinajstić information content (AvgIpc) is 2.76. The van der Waals surface area contributed by atoms with Crippen molar-refractivity contribution in [3.63, 3.8) is 0 Å². The third-order valence-corrected chi connectivity index (χ3v) is 5.11. The predicted octanol–water partition coefficient (Wildman–Crippen LogP) is 0.329. The molecule has 1 N–H and O–H groups in total. The van der Waals surface area contributed by atoms with Gasteiger partial charge in [-0.3, -0.25) is 0 Å². The molecule has 5 nitrogen and oxygen atoms in total. The van der Waals surface area contributed by atoms with Gasteiger partial charge in [-0.1, -0.05) is 0 Å². The van der Waals surface area contributed by atoms with Crippen molar-refractivity contribution in [2.75, 3.05) is 12.4 Å². The Bertz CT molecular complexity index is 451. The molecule has 1 aromatic rings. The fraction of sp³-hybridized carbons (Fsp3) is 0.700. The van der Waals surface area contributed by atoms with E-state index in [2.05, 4.69) is 4.98 Å². The molecule has 0 aromatic carbocycles. The van der Waals surface area contributed by atoms with E-state index in [0.717, 1.165) is 6.42 Å². The molecule has 1 saturated heterocycles. The smallest absolute Gasteiger partial charge is 0.195 e. The lowest BCUT2D eigenvalue weighted by atomic mass is 10.2. The second kappa shape index (κ2) is 4.55. The third kappa shape index (κ3) is 2.44. The maximum absolute atomic E-state index is 11.6. The Balaban J connectivity index is 2.03. The van der Waals surface area contributed by atoms with Gasteiger partial charge in [0.1, 0.15) is 6.26 Å². The highest BCUT2D eigenvalue weighted by atomic mass is 32.2. The molecule has 2 heterocycles. The van der Waals surface area contributed by atoms with Crippen LogP contribution in [0.15, 0.2) is 10.7 Å². The van der Waals surface area contributed by atoms with E-state index in [-0.39, 0.29) is 17.6 Å². The lowest BCUT2D eigenvalue weighted by Gasteiger charge is -2.04. The predicted molar refractivity (Wildman–Crippen MR) is 57.8 cm³/mol. The van der Waals surface area contributed by atoms with Crippen LogP contribution in [0.2, 0.25) is 0 Å². The Morgan fingerprint density at radius 1 is 1.56 bits per heavy atom. The minimum absolute atomic E-state index is 0.0215. The Labute approximate surface area is 94.4 Å². The SMILES string of the molecule is O=S1(=O)CCCC1Cc1nc(CCO)co1. The first kappa shape index (κ1) is 11.6. The van der Waals surface area contributed by atoms with Crippen molar-refractivity contribution in [2.45, 2.75) is 30.9 Å². The van der Waals surface area contributed by atoms with Gasteiger partial charge < -0.3 is 9.52 Å². The van der Waals surface area contributed by atoms with Crippen molar-refractivity contribution in [1.29, 1.82) is 0 Å². The van der Waals surface area contributed by atoms with Crippen LogP contribution >= 0.6 is 0 Å². The van der Waals surface area contributed by atoms with Gasteiger partial charge in [0.2, 0.25) is 0 Å². The number of aliphatic hydroxyl groups excluding tert-OH is 1. The molecule has 1 atom stereocenters.